The number of hydrogen-bond acceptors (Lipinski definition) is 6. The summed E-state index contributed by atoms with van der Waals surface area (Å²) >= 11 is 0. The lowest BCUT2D eigenvalue weighted by molar-refractivity contribution is 0.102. The van der Waals surface area contributed by atoms with Crippen LogP contribution in [0.25, 0.3) is 0 Å². The topological polar surface area (TPSA) is 118 Å². The van der Waals surface area contributed by atoms with Crippen molar-refractivity contribution >= 4 is 21.6 Å². The van der Waals surface area contributed by atoms with Crippen LogP contribution in [0.15, 0.2) is 41.3 Å². The minimum atomic E-state index is -3.72. The molecule has 2 aromatic carbocycles. The molecule has 0 bridgehead atoms. The Balaban J connectivity index is 2.17. The Bertz CT molecular complexity index is 995. The summed E-state index contributed by atoms with van der Waals surface area (Å²) in [5.74, 6) is 0.640. The molecule has 2 N–H and O–H groups in total. The molecule has 0 aromatic heterocycles. The third-order valence-corrected chi connectivity index (χ3v) is 5.41. The van der Waals surface area contributed by atoms with Gasteiger partial charge in [-0.05, 0) is 42.8 Å². The summed E-state index contributed by atoms with van der Waals surface area (Å²) in [5, 5.41) is 11.3. The first-order chi connectivity index (χ1) is 13.3. The molecular weight excluding hydrogens is 382 g/mol. The molecule has 0 saturated heterocycles. The normalized spacial score (nSPS) is 10.8. The van der Waals surface area contributed by atoms with E-state index in [0.717, 1.165) is 5.56 Å². The van der Waals surface area contributed by atoms with Crippen molar-refractivity contribution in [3.8, 4) is 17.6 Å². The number of carbonyl (C=O) groups is 1. The summed E-state index contributed by atoms with van der Waals surface area (Å²) < 4.78 is 37.0. The van der Waals surface area contributed by atoms with Crippen LogP contribution in [0.4, 0.5) is 5.69 Å². The number of rotatable bonds is 8. The number of amides is 1. The monoisotopic (exact) mass is 403 g/mol. The van der Waals surface area contributed by atoms with E-state index >= 15 is 0 Å². The second-order valence-electron chi connectivity index (χ2n) is 5.81. The molecule has 2 rings (SSSR count). The number of nitriles is 1. The van der Waals surface area contributed by atoms with E-state index in [1.165, 1.54) is 38.5 Å². The smallest absolute Gasteiger partial charge is 0.255 e. The highest BCUT2D eigenvalue weighted by Gasteiger charge is 2.16. The van der Waals surface area contributed by atoms with Crippen molar-refractivity contribution in [1.29, 1.82) is 5.26 Å². The van der Waals surface area contributed by atoms with Crippen LogP contribution in [0.2, 0.25) is 0 Å². The number of carbonyl (C=O) groups excluding carboxylic acids is 1. The predicted octanol–water partition coefficient (Wildman–Crippen LogP) is 2.46. The summed E-state index contributed by atoms with van der Waals surface area (Å²) in [4.78, 5) is 12.5. The fourth-order valence-electron chi connectivity index (χ4n) is 2.42. The van der Waals surface area contributed by atoms with Crippen LogP contribution >= 0.6 is 0 Å². The fourth-order valence-corrected chi connectivity index (χ4v) is 3.45. The van der Waals surface area contributed by atoms with E-state index in [4.69, 9.17) is 14.7 Å². The molecule has 1 amide bonds. The molecule has 0 aliphatic rings. The first-order valence-electron chi connectivity index (χ1n) is 8.33. The maximum Gasteiger partial charge on any atom is 0.255 e. The Morgan fingerprint density at radius 3 is 2.29 bits per heavy atom. The molecule has 148 valence electrons. The zero-order chi connectivity index (χ0) is 20.7. The van der Waals surface area contributed by atoms with E-state index < -0.39 is 15.9 Å². The number of benzene rings is 2. The fraction of sp³-hybridized carbons (Fsp3) is 0.263. The maximum absolute atomic E-state index is 12.5. The lowest BCUT2D eigenvalue weighted by Crippen LogP contribution is -2.24. The van der Waals surface area contributed by atoms with Gasteiger partial charge in [-0.3, -0.25) is 4.79 Å². The van der Waals surface area contributed by atoms with E-state index in [1.807, 2.05) is 13.0 Å². The van der Waals surface area contributed by atoms with Crippen molar-refractivity contribution < 1.29 is 22.7 Å². The van der Waals surface area contributed by atoms with Crippen molar-refractivity contribution in [3.05, 3.63) is 47.5 Å². The number of nitrogens with one attached hydrogen (secondary N) is 2. The van der Waals surface area contributed by atoms with Gasteiger partial charge in [0.15, 0.2) is 11.5 Å². The van der Waals surface area contributed by atoms with Gasteiger partial charge in [0.05, 0.1) is 25.2 Å². The Kier molecular flexibility index (Phi) is 6.98. The molecule has 8 nitrogen and oxygen atoms in total. The number of hydrogen-bond donors (Lipinski definition) is 2. The number of ether oxygens (including phenoxy) is 2. The first-order valence-corrected chi connectivity index (χ1v) is 9.81. The predicted molar refractivity (Wildman–Crippen MR) is 104 cm³/mol. The van der Waals surface area contributed by atoms with Crippen LogP contribution in [0.1, 0.15) is 22.3 Å². The van der Waals surface area contributed by atoms with Gasteiger partial charge >= 0.3 is 0 Å². The van der Waals surface area contributed by atoms with Gasteiger partial charge in [-0.25, -0.2) is 13.1 Å². The second-order valence-corrected chi connectivity index (χ2v) is 7.57. The highest BCUT2D eigenvalue weighted by Crippen LogP contribution is 2.33. The largest absolute Gasteiger partial charge is 0.493 e. The first kappa shape index (κ1) is 21.2. The third-order valence-electron chi connectivity index (χ3n) is 3.93. The van der Waals surface area contributed by atoms with Crippen LogP contribution in [0, 0.1) is 18.3 Å². The average Bonchev–Trinajstić information content (AvgIpc) is 2.69. The van der Waals surface area contributed by atoms with Crippen LogP contribution < -0.4 is 19.5 Å². The standard InChI is InChI=1S/C19H21N3O5S/c1-13-11-17(26-2)18(27-3)12-16(13)22-19(23)14-5-7-15(8-6-14)28(24,25)21-10-4-9-20/h5-8,11-12,21H,4,10H2,1-3H3,(H,22,23). The Labute approximate surface area is 164 Å². The van der Waals surface area contributed by atoms with Gasteiger partial charge in [0.1, 0.15) is 0 Å². The van der Waals surface area contributed by atoms with E-state index in [2.05, 4.69) is 10.0 Å². The Hall–Kier alpha value is -3.09. The molecule has 0 radical (unpaired) electrons. The minimum absolute atomic E-state index is 0.0179. The van der Waals surface area contributed by atoms with Crippen LogP contribution in [-0.2, 0) is 10.0 Å². The van der Waals surface area contributed by atoms with Gasteiger partial charge in [0, 0.05) is 30.3 Å². The molecule has 0 aliphatic heterocycles. The van der Waals surface area contributed by atoms with Gasteiger partial charge in [0.2, 0.25) is 10.0 Å². The molecule has 0 saturated carbocycles. The van der Waals surface area contributed by atoms with Crippen molar-refractivity contribution in [2.45, 2.75) is 18.2 Å². The van der Waals surface area contributed by atoms with Crippen LogP contribution in [-0.4, -0.2) is 35.1 Å². The molecule has 0 aliphatic carbocycles. The highest BCUT2D eigenvalue weighted by molar-refractivity contribution is 7.89. The van der Waals surface area contributed by atoms with Crippen molar-refractivity contribution in [3.63, 3.8) is 0 Å². The SMILES string of the molecule is COc1cc(C)c(NC(=O)c2ccc(S(=O)(=O)NCCC#N)cc2)cc1OC. The molecule has 0 spiro atoms. The molecule has 0 atom stereocenters. The number of anilines is 1. The van der Waals surface area contributed by atoms with E-state index in [0.29, 0.717) is 22.7 Å². The van der Waals surface area contributed by atoms with Crippen molar-refractivity contribution in [1.82, 2.24) is 4.72 Å². The number of aryl methyl sites for hydroxylation is 1. The summed E-state index contributed by atoms with van der Waals surface area (Å²) in [5.41, 5.74) is 1.63. The summed E-state index contributed by atoms with van der Waals surface area (Å²) in [7, 11) is -0.690. The third kappa shape index (κ3) is 5.00. The van der Waals surface area contributed by atoms with Gasteiger partial charge in [-0.2, -0.15) is 5.26 Å². The van der Waals surface area contributed by atoms with Crippen LogP contribution in [0.3, 0.4) is 0 Å². The van der Waals surface area contributed by atoms with Crippen molar-refractivity contribution in [2.75, 3.05) is 26.1 Å². The molecule has 0 fully saturated rings. The zero-order valence-corrected chi connectivity index (χ0v) is 16.6. The quantitative estimate of drug-likeness (QED) is 0.654. The van der Waals surface area contributed by atoms with Crippen LogP contribution in [0.5, 0.6) is 11.5 Å². The highest BCUT2D eigenvalue weighted by atomic mass is 32.2. The number of nitrogens with zero attached hydrogens (tertiary/aromatic N) is 1. The molecule has 0 heterocycles. The molecule has 2 aromatic rings. The number of sulfonamides is 1. The zero-order valence-electron chi connectivity index (χ0n) is 15.8. The molecule has 9 heteroatoms. The van der Waals surface area contributed by atoms with Gasteiger partial charge < -0.3 is 14.8 Å². The lowest BCUT2D eigenvalue weighted by Gasteiger charge is -2.14. The van der Waals surface area contributed by atoms with E-state index in [1.54, 1.807) is 12.1 Å². The molecule has 0 unspecified atom stereocenters. The molecular formula is C19H21N3O5S. The second kappa shape index (κ2) is 9.21. The average molecular weight is 403 g/mol. The van der Waals surface area contributed by atoms with Gasteiger partial charge in [-0.1, -0.05) is 0 Å². The summed E-state index contributed by atoms with van der Waals surface area (Å²) in [6, 6.07) is 10.8. The minimum Gasteiger partial charge on any atom is -0.493 e. The summed E-state index contributed by atoms with van der Waals surface area (Å²) in [6.45, 7) is 1.85. The number of methoxy groups -OCH3 is 2. The van der Waals surface area contributed by atoms with E-state index in [-0.39, 0.29) is 17.9 Å². The molecule has 28 heavy (non-hydrogen) atoms. The summed E-state index contributed by atoms with van der Waals surface area (Å²) in [6.07, 6.45) is 0.0738. The Morgan fingerprint density at radius 1 is 1.11 bits per heavy atom. The van der Waals surface area contributed by atoms with Gasteiger partial charge in [0.25, 0.3) is 5.91 Å². The van der Waals surface area contributed by atoms with Crippen molar-refractivity contribution in [2.24, 2.45) is 0 Å². The van der Waals surface area contributed by atoms with E-state index in [9.17, 15) is 13.2 Å². The van der Waals surface area contributed by atoms with Gasteiger partial charge in [-0.15, -0.1) is 0 Å². The Morgan fingerprint density at radius 2 is 1.71 bits per heavy atom. The maximum atomic E-state index is 12.5. The lowest BCUT2D eigenvalue weighted by atomic mass is 10.1.